The molecule has 0 aliphatic heterocycles. The summed E-state index contributed by atoms with van der Waals surface area (Å²) >= 11 is 5.78. The minimum atomic E-state index is -0.328. The molecule has 1 saturated carbocycles. The van der Waals surface area contributed by atoms with Crippen LogP contribution in [0.2, 0.25) is 5.02 Å². The summed E-state index contributed by atoms with van der Waals surface area (Å²) in [5.41, 5.74) is 6.73. The molecule has 2 heteroatoms. The molecule has 0 amide bonds. The molecule has 186 valence electrons. The van der Waals surface area contributed by atoms with Crippen LogP contribution in [0.5, 0.6) is 0 Å². The van der Waals surface area contributed by atoms with Gasteiger partial charge in [-0.3, -0.25) is 0 Å². The Morgan fingerprint density at radius 1 is 0.600 bits per heavy atom. The van der Waals surface area contributed by atoms with Crippen molar-refractivity contribution < 1.29 is 4.39 Å². The van der Waals surface area contributed by atoms with Gasteiger partial charge in [-0.25, -0.2) is 4.39 Å². The minimum Gasteiger partial charge on any atom is -0.205 e. The second-order valence-corrected chi connectivity index (χ2v) is 11.0. The predicted octanol–water partition coefficient (Wildman–Crippen LogP) is 9.59. The zero-order valence-corrected chi connectivity index (χ0v) is 22.0. The Morgan fingerprint density at radius 3 is 1.46 bits per heavy atom. The molecular weight excluding hydrogens is 451 g/mol. The zero-order chi connectivity index (χ0) is 24.5. The smallest absolute Gasteiger partial charge is 0.142 e. The molecule has 0 unspecified atom stereocenters. The largest absolute Gasteiger partial charge is 0.205 e. The van der Waals surface area contributed by atoms with E-state index in [4.69, 9.17) is 11.6 Å². The summed E-state index contributed by atoms with van der Waals surface area (Å²) in [6.45, 7) is 2.25. The van der Waals surface area contributed by atoms with Gasteiger partial charge in [0.1, 0.15) is 5.82 Å². The van der Waals surface area contributed by atoms with Gasteiger partial charge in [0, 0.05) is 0 Å². The first-order chi connectivity index (χ1) is 17.1. The lowest BCUT2D eigenvalue weighted by Crippen LogP contribution is -2.15. The van der Waals surface area contributed by atoms with Gasteiger partial charge in [0.25, 0.3) is 0 Å². The molecule has 0 spiro atoms. The zero-order valence-electron chi connectivity index (χ0n) is 21.2. The van der Waals surface area contributed by atoms with Crippen LogP contribution < -0.4 is 0 Å². The van der Waals surface area contributed by atoms with Crippen molar-refractivity contribution in [1.29, 1.82) is 0 Å². The van der Waals surface area contributed by atoms with Crippen LogP contribution in [-0.4, -0.2) is 0 Å². The van der Waals surface area contributed by atoms with Crippen LogP contribution in [0.1, 0.15) is 79.7 Å². The normalized spacial score (nSPS) is 18.0. The number of halogens is 2. The number of rotatable bonds is 11. The van der Waals surface area contributed by atoms with Crippen molar-refractivity contribution in [3.8, 4) is 0 Å². The topological polar surface area (TPSA) is 0 Å². The highest BCUT2D eigenvalue weighted by molar-refractivity contribution is 6.30. The summed E-state index contributed by atoms with van der Waals surface area (Å²) in [5.74, 6) is 1.47. The quantitative estimate of drug-likeness (QED) is 0.251. The summed E-state index contributed by atoms with van der Waals surface area (Å²) in [6.07, 6.45) is 14.9. The van der Waals surface area contributed by atoms with E-state index in [2.05, 4.69) is 55.5 Å². The standard InChI is InChI=1S/C33H40ClF/c1-2-3-25-4-6-26(7-5-25)8-9-27-10-12-28(13-11-27)14-15-29-16-18-30(19-17-29)20-21-31-22-23-32(34)33(35)24-31/h4-7,16-19,22-24,27-28H,2-3,8-15,20-21H2,1H3/t27-,28-. The highest BCUT2D eigenvalue weighted by atomic mass is 35.5. The molecule has 1 aliphatic rings. The van der Waals surface area contributed by atoms with Gasteiger partial charge >= 0.3 is 0 Å². The van der Waals surface area contributed by atoms with Gasteiger partial charge in [-0.2, -0.15) is 0 Å². The monoisotopic (exact) mass is 490 g/mol. The average molecular weight is 491 g/mol. The molecule has 0 saturated heterocycles. The van der Waals surface area contributed by atoms with Crippen LogP contribution in [-0.2, 0) is 32.1 Å². The van der Waals surface area contributed by atoms with E-state index >= 15 is 0 Å². The molecule has 0 bridgehead atoms. The summed E-state index contributed by atoms with van der Waals surface area (Å²) in [6, 6.07) is 23.5. The molecule has 35 heavy (non-hydrogen) atoms. The first-order valence-electron chi connectivity index (χ1n) is 13.7. The summed E-state index contributed by atoms with van der Waals surface area (Å²) < 4.78 is 13.6. The van der Waals surface area contributed by atoms with E-state index in [9.17, 15) is 4.39 Å². The molecule has 4 rings (SSSR count). The maximum atomic E-state index is 13.6. The van der Waals surface area contributed by atoms with E-state index in [0.717, 1.165) is 30.2 Å². The SMILES string of the molecule is CCCc1ccc(CC[C@H]2CC[C@H](CCc3ccc(CCc4ccc(Cl)c(F)c4)cc3)CC2)cc1. The van der Waals surface area contributed by atoms with Crippen LogP contribution in [0, 0.1) is 17.7 Å². The van der Waals surface area contributed by atoms with Gasteiger partial charge in [-0.05, 0) is 96.7 Å². The molecule has 0 N–H and O–H groups in total. The molecule has 0 radical (unpaired) electrons. The van der Waals surface area contributed by atoms with Crippen molar-refractivity contribution in [3.63, 3.8) is 0 Å². The second-order valence-electron chi connectivity index (χ2n) is 10.6. The first-order valence-corrected chi connectivity index (χ1v) is 14.1. The van der Waals surface area contributed by atoms with Crippen molar-refractivity contribution in [2.45, 2.75) is 84.0 Å². The van der Waals surface area contributed by atoms with E-state index in [0.29, 0.717) is 0 Å². The van der Waals surface area contributed by atoms with Crippen molar-refractivity contribution in [1.82, 2.24) is 0 Å². The van der Waals surface area contributed by atoms with Gasteiger partial charge in [0.05, 0.1) is 5.02 Å². The Bertz CT molecular complexity index is 1030. The van der Waals surface area contributed by atoms with Gasteiger partial charge in [-0.15, -0.1) is 0 Å². The molecule has 3 aromatic rings. The highest BCUT2D eigenvalue weighted by Crippen LogP contribution is 2.34. The molecular formula is C33H40ClF. The lowest BCUT2D eigenvalue weighted by molar-refractivity contribution is 0.253. The van der Waals surface area contributed by atoms with Crippen LogP contribution in [0.25, 0.3) is 0 Å². The second kappa shape index (κ2) is 13.3. The molecule has 0 heterocycles. The maximum Gasteiger partial charge on any atom is 0.142 e. The van der Waals surface area contributed by atoms with E-state index < -0.39 is 0 Å². The fraction of sp³-hybridized carbons (Fsp3) is 0.455. The van der Waals surface area contributed by atoms with Crippen molar-refractivity contribution in [3.05, 3.63) is 105 Å². The van der Waals surface area contributed by atoms with Crippen LogP contribution in [0.15, 0.2) is 66.7 Å². The third-order valence-electron chi connectivity index (χ3n) is 7.92. The Balaban J connectivity index is 1.13. The lowest BCUT2D eigenvalue weighted by atomic mass is 9.77. The highest BCUT2D eigenvalue weighted by Gasteiger charge is 2.21. The predicted molar refractivity (Wildman–Crippen MR) is 148 cm³/mol. The van der Waals surface area contributed by atoms with Gasteiger partial charge < -0.3 is 0 Å². The van der Waals surface area contributed by atoms with E-state index in [1.807, 2.05) is 6.07 Å². The maximum absolute atomic E-state index is 13.6. The third kappa shape index (κ3) is 8.21. The van der Waals surface area contributed by atoms with E-state index in [1.165, 1.54) is 86.5 Å². The number of hydrogen-bond donors (Lipinski definition) is 0. The number of aryl methyl sites for hydroxylation is 5. The lowest BCUT2D eigenvalue weighted by Gasteiger charge is -2.28. The Kier molecular flexibility index (Phi) is 9.83. The van der Waals surface area contributed by atoms with Crippen LogP contribution >= 0.6 is 11.6 Å². The van der Waals surface area contributed by atoms with Crippen molar-refractivity contribution >= 4 is 11.6 Å². The van der Waals surface area contributed by atoms with Gasteiger partial charge in [0.15, 0.2) is 0 Å². The summed E-state index contributed by atoms with van der Waals surface area (Å²) in [4.78, 5) is 0. The summed E-state index contributed by atoms with van der Waals surface area (Å²) in [7, 11) is 0. The molecule has 1 fully saturated rings. The summed E-state index contributed by atoms with van der Waals surface area (Å²) in [5, 5.41) is 0.194. The third-order valence-corrected chi connectivity index (χ3v) is 8.23. The Morgan fingerprint density at radius 2 is 1.00 bits per heavy atom. The van der Waals surface area contributed by atoms with Crippen molar-refractivity contribution in [2.24, 2.45) is 11.8 Å². The van der Waals surface area contributed by atoms with E-state index in [1.54, 1.807) is 12.1 Å². The molecule has 0 atom stereocenters. The molecule has 3 aromatic carbocycles. The fourth-order valence-corrected chi connectivity index (χ4v) is 5.69. The molecule has 1 aliphatic carbocycles. The molecule has 0 nitrogen and oxygen atoms in total. The average Bonchev–Trinajstić information content (AvgIpc) is 2.89. The van der Waals surface area contributed by atoms with E-state index in [-0.39, 0.29) is 10.8 Å². The minimum absolute atomic E-state index is 0.194. The van der Waals surface area contributed by atoms with Gasteiger partial charge in [-0.1, -0.05) is 105 Å². The van der Waals surface area contributed by atoms with Crippen molar-refractivity contribution in [2.75, 3.05) is 0 Å². The molecule has 0 aromatic heterocycles. The number of benzene rings is 3. The Labute approximate surface area is 216 Å². The van der Waals surface area contributed by atoms with Crippen LogP contribution in [0.4, 0.5) is 4.39 Å². The number of hydrogen-bond acceptors (Lipinski definition) is 0. The van der Waals surface area contributed by atoms with Gasteiger partial charge in [0.2, 0.25) is 0 Å². The fourth-order valence-electron chi connectivity index (χ4n) is 5.57. The first kappa shape index (κ1) is 26.0. The Hall–Kier alpha value is -2.12. The van der Waals surface area contributed by atoms with Crippen LogP contribution in [0.3, 0.4) is 0 Å².